The number of rotatable bonds is 3. The predicted octanol–water partition coefficient (Wildman–Crippen LogP) is 4.51. The molecular weight excluding hydrogens is 324 g/mol. The number of hydrogen-bond acceptors (Lipinski definition) is 2. The van der Waals surface area contributed by atoms with Crippen LogP contribution in [0.15, 0.2) is 28.7 Å². The first-order valence-corrected chi connectivity index (χ1v) is 9.19. The van der Waals surface area contributed by atoms with Crippen LogP contribution in [0.5, 0.6) is 0 Å². The van der Waals surface area contributed by atoms with Crippen LogP contribution in [0.3, 0.4) is 0 Å². The standard InChI is InChI=1S/C18H27BrN2/c1-3-17-12-20-18(10-4-5-11-18)13-21(17)14(2)15-6-8-16(19)9-7-15/h6-9,14,17,20H,3-5,10-13H2,1-2H3. The average molecular weight is 351 g/mol. The molecule has 1 aromatic rings. The summed E-state index contributed by atoms with van der Waals surface area (Å²) >= 11 is 3.54. The van der Waals surface area contributed by atoms with Gasteiger partial charge >= 0.3 is 0 Å². The summed E-state index contributed by atoms with van der Waals surface area (Å²) in [5, 5.41) is 3.89. The van der Waals surface area contributed by atoms with E-state index in [4.69, 9.17) is 0 Å². The second-order valence-electron chi connectivity index (χ2n) is 6.83. The fourth-order valence-corrected chi connectivity index (χ4v) is 4.40. The maximum atomic E-state index is 3.89. The molecule has 1 spiro atoms. The van der Waals surface area contributed by atoms with E-state index in [-0.39, 0.29) is 0 Å². The Hall–Kier alpha value is -0.380. The molecule has 1 aliphatic carbocycles. The fraction of sp³-hybridized carbons (Fsp3) is 0.667. The van der Waals surface area contributed by atoms with E-state index in [2.05, 4.69) is 64.3 Å². The molecule has 2 nitrogen and oxygen atoms in total. The van der Waals surface area contributed by atoms with Gasteiger partial charge in [-0.05, 0) is 43.9 Å². The van der Waals surface area contributed by atoms with E-state index in [0.29, 0.717) is 17.6 Å². The Kier molecular flexibility index (Phi) is 4.72. The molecule has 0 amide bonds. The summed E-state index contributed by atoms with van der Waals surface area (Å²) in [5.41, 5.74) is 1.83. The van der Waals surface area contributed by atoms with Crippen LogP contribution >= 0.6 is 15.9 Å². The lowest BCUT2D eigenvalue weighted by Gasteiger charge is -2.49. The van der Waals surface area contributed by atoms with E-state index in [1.54, 1.807) is 0 Å². The van der Waals surface area contributed by atoms with Gasteiger partial charge < -0.3 is 5.32 Å². The molecule has 1 saturated carbocycles. The van der Waals surface area contributed by atoms with Crippen LogP contribution in [0.2, 0.25) is 0 Å². The van der Waals surface area contributed by atoms with Crippen molar-refractivity contribution in [2.75, 3.05) is 13.1 Å². The van der Waals surface area contributed by atoms with Crippen LogP contribution in [-0.2, 0) is 0 Å². The van der Waals surface area contributed by atoms with Crippen LogP contribution in [0.25, 0.3) is 0 Å². The highest BCUT2D eigenvalue weighted by atomic mass is 79.9. The molecule has 1 aliphatic heterocycles. The number of halogens is 1. The van der Waals surface area contributed by atoms with Crippen LogP contribution in [0.1, 0.15) is 57.6 Å². The third-order valence-electron chi connectivity index (χ3n) is 5.55. The number of nitrogens with zero attached hydrogens (tertiary/aromatic N) is 1. The first-order valence-electron chi connectivity index (χ1n) is 8.40. The third-order valence-corrected chi connectivity index (χ3v) is 6.08. The van der Waals surface area contributed by atoms with Crippen molar-refractivity contribution in [2.45, 2.75) is 63.6 Å². The van der Waals surface area contributed by atoms with Gasteiger partial charge in [0.25, 0.3) is 0 Å². The predicted molar refractivity (Wildman–Crippen MR) is 92.5 cm³/mol. The highest BCUT2D eigenvalue weighted by molar-refractivity contribution is 9.10. The Morgan fingerprint density at radius 1 is 1.29 bits per heavy atom. The molecule has 21 heavy (non-hydrogen) atoms. The molecular formula is C18H27BrN2. The Labute approximate surface area is 137 Å². The zero-order valence-corrected chi connectivity index (χ0v) is 14.8. The van der Waals surface area contributed by atoms with E-state index >= 15 is 0 Å². The van der Waals surface area contributed by atoms with Gasteiger partial charge in [-0.3, -0.25) is 4.90 Å². The van der Waals surface area contributed by atoms with Gasteiger partial charge in [0, 0.05) is 35.2 Å². The quantitative estimate of drug-likeness (QED) is 0.862. The van der Waals surface area contributed by atoms with Crippen molar-refractivity contribution in [3.63, 3.8) is 0 Å². The lowest BCUT2D eigenvalue weighted by molar-refractivity contribution is 0.0462. The van der Waals surface area contributed by atoms with Gasteiger partial charge in [0.2, 0.25) is 0 Å². The molecule has 2 unspecified atom stereocenters. The van der Waals surface area contributed by atoms with Crippen molar-refractivity contribution in [3.05, 3.63) is 34.3 Å². The van der Waals surface area contributed by atoms with E-state index in [0.717, 1.165) is 11.0 Å². The normalized spacial score (nSPS) is 27.1. The summed E-state index contributed by atoms with van der Waals surface area (Å²) in [7, 11) is 0. The highest BCUT2D eigenvalue weighted by Gasteiger charge is 2.42. The molecule has 2 atom stereocenters. The highest BCUT2D eigenvalue weighted by Crippen LogP contribution is 2.37. The number of piperazine rings is 1. The molecule has 3 rings (SSSR count). The fourth-order valence-electron chi connectivity index (χ4n) is 4.14. The summed E-state index contributed by atoms with van der Waals surface area (Å²) in [6.07, 6.45) is 6.72. The zero-order valence-electron chi connectivity index (χ0n) is 13.2. The van der Waals surface area contributed by atoms with Crippen molar-refractivity contribution >= 4 is 15.9 Å². The second kappa shape index (κ2) is 6.39. The number of benzene rings is 1. The van der Waals surface area contributed by atoms with E-state index in [9.17, 15) is 0 Å². The Morgan fingerprint density at radius 3 is 2.57 bits per heavy atom. The van der Waals surface area contributed by atoms with Gasteiger partial charge in [-0.15, -0.1) is 0 Å². The first kappa shape index (κ1) is 15.5. The van der Waals surface area contributed by atoms with Crippen molar-refractivity contribution in [1.29, 1.82) is 0 Å². The van der Waals surface area contributed by atoms with Crippen molar-refractivity contribution in [3.8, 4) is 0 Å². The van der Waals surface area contributed by atoms with Gasteiger partial charge in [0.05, 0.1) is 0 Å². The zero-order chi connectivity index (χ0) is 14.9. The minimum atomic E-state index is 0.398. The van der Waals surface area contributed by atoms with E-state index in [1.807, 2.05) is 0 Å². The van der Waals surface area contributed by atoms with E-state index < -0.39 is 0 Å². The molecule has 0 radical (unpaired) electrons. The molecule has 116 valence electrons. The number of hydrogen-bond donors (Lipinski definition) is 1. The summed E-state index contributed by atoms with van der Waals surface area (Å²) in [6, 6.07) is 10.0. The number of nitrogens with one attached hydrogen (secondary N) is 1. The Bertz CT molecular complexity index is 465. The van der Waals surface area contributed by atoms with Crippen molar-refractivity contribution in [1.82, 2.24) is 10.2 Å². The van der Waals surface area contributed by atoms with Gasteiger partial charge in [-0.25, -0.2) is 0 Å². The Balaban J connectivity index is 1.80. The summed E-state index contributed by atoms with van der Waals surface area (Å²) < 4.78 is 1.16. The minimum Gasteiger partial charge on any atom is -0.308 e. The average Bonchev–Trinajstić information content (AvgIpc) is 2.95. The second-order valence-corrected chi connectivity index (χ2v) is 7.75. The monoisotopic (exact) mass is 350 g/mol. The molecule has 2 aliphatic rings. The van der Waals surface area contributed by atoms with Crippen molar-refractivity contribution in [2.24, 2.45) is 0 Å². The molecule has 3 heteroatoms. The maximum Gasteiger partial charge on any atom is 0.0324 e. The SMILES string of the molecule is CCC1CNC2(CCCC2)CN1C(C)c1ccc(Br)cc1. The van der Waals surface area contributed by atoms with Crippen LogP contribution in [0.4, 0.5) is 0 Å². The molecule has 0 bridgehead atoms. The largest absolute Gasteiger partial charge is 0.308 e. The third kappa shape index (κ3) is 3.20. The van der Waals surface area contributed by atoms with Crippen LogP contribution in [-0.4, -0.2) is 29.6 Å². The summed E-state index contributed by atoms with van der Waals surface area (Å²) in [6.45, 7) is 7.06. The topological polar surface area (TPSA) is 15.3 Å². The lowest BCUT2D eigenvalue weighted by atomic mass is 9.89. The molecule has 1 N–H and O–H groups in total. The molecule has 1 heterocycles. The van der Waals surface area contributed by atoms with Gasteiger partial charge in [-0.1, -0.05) is 47.8 Å². The summed E-state index contributed by atoms with van der Waals surface area (Å²) in [4.78, 5) is 2.76. The van der Waals surface area contributed by atoms with Crippen LogP contribution < -0.4 is 5.32 Å². The van der Waals surface area contributed by atoms with Crippen LogP contribution in [0, 0.1) is 0 Å². The molecule has 0 aromatic heterocycles. The van der Waals surface area contributed by atoms with Gasteiger partial charge in [0.1, 0.15) is 0 Å². The van der Waals surface area contributed by atoms with Crippen molar-refractivity contribution < 1.29 is 0 Å². The minimum absolute atomic E-state index is 0.398. The maximum absolute atomic E-state index is 3.89. The molecule has 1 saturated heterocycles. The van der Waals surface area contributed by atoms with E-state index in [1.165, 1.54) is 44.2 Å². The first-order chi connectivity index (χ1) is 10.1. The van der Waals surface area contributed by atoms with Gasteiger partial charge in [-0.2, -0.15) is 0 Å². The molecule has 1 aromatic carbocycles. The molecule has 2 fully saturated rings. The lowest BCUT2D eigenvalue weighted by Crippen LogP contribution is -2.63. The van der Waals surface area contributed by atoms with Gasteiger partial charge in [0.15, 0.2) is 0 Å². The summed E-state index contributed by atoms with van der Waals surface area (Å²) in [5.74, 6) is 0. The Morgan fingerprint density at radius 2 is 1.95 bits per heavy atom. The smallest absolute Gasteiger partial charge is 0.0324 e.